The number of benzene rings is 3. The minimum atomic E-state index is -1.53. The molecule has 1 unspecified atom stereocenters. The Labute approximate surface area is 260 Å². The quantitative estimate of drug-likeness (QED) is 0.153. The van der Waals surface area contributed by atoms with Crippen molar-refractivity contribution < 1.29 is 47.7 Å². The molecule has 1 aliphatic heterocycles. The predicted molar refractivity (Wildman–Crippen MR) is 160 cm³/mol. The molecule has 45 heavy (non-hydrogen) atoms. The fourth-order valence-electron chi connectivity index (χ4n) is 4.48. The minimum absolute atomic E-state index is 0.0277. The first-order valence-electron chi connectivity index (χ1n) is 13.6. The summed E-state index contributed by atoms with van der Waals surface area (Å²) in [4.78, 5) is 62.5. The van der Waals surface area contributed by atoms with E-state index in [1.807, 2.05) is 0 Å². The lowest BCUT2D eigenvalue weighted by molar-refractivity contribution is -0.144. The smallest absolute Gasteiger partial charge is 0.328 e. The third-order valence-electron chi connectivity index (χ3n) is 6.81. The van der Waals surface area contributed by atoms with E-state index >= 15 is 0 Å². The molecule has 0 radical (unpaired) electrons. The maximum absolute atomic E-state index is 13.6. The number of hydrogen-bond donors (Lipinski definition) is 4. The summed E-state index contributed by atoms with van der Waals surface area (Å²) in [5, 5.41) is 22.2. The van der Waals surface area contributed by atoms with E-state index in [2.05, 4.69) is 10.6 Å². The SMILES string of the molecule is CC(O)[C@H](NC(=O)CNC(=O)COc1ccc([C@@H]2[C@@H](SCC(=O)c3ccc(F)cc3)C(=O)N2c2ccc(F)cc2)cc1)C(=O)O. The number of anilines is 1. The van der Waals surface area contributed by atoms with Gasteiger partial charge in [0.1, 0.15) is 22.6 Å². The second-order valence-electron chi connectivity index (χ2n) is 10.0. The number of nitrogens with one attached hydrogen (secondary N) is 2. The van der Waals surface area contributed by atoms with Crippen molar-refractivity contribution in [1.29, 1.82) is 0 Å². The fraction of sp³-hybridized carbons (Fsp3) is 0.258. The molecule has 4 N–H and O–H groups in total. The van der Waals surface area contributed by atoms with E-state index in [9.17, 15) is 37.9 Å². The summed E-state index contributed by atoms with van der Waals surface area (Å²) in [6.45, 7) is 0.213. The summed E-state index contributed by atoms with van der Waals surface area (Å²) in [6, 6.07) is 15.0. The van der Waals surface area contributed by atoms with Crippen molar-refractivity contribution in [1.82, 2.24) is 10.6 Å². The van der Waals surface area contributed by atoms with Crippen LogP contribution in [0.25, 0.3) is 0 Å². The number of ether oxygens (including phenoxy) is 1. The van der Waals surface area contributed by atoms with E-state index < -0.39 is 66.0 Å². The first-order chi connectivity index (χ1) is 21.4. The standard InChI is InChI=1S/C31H29F2N3O8S/c1-17(37)27(31(42)43)35-25(39)14-34-26(40)15-44-23-12-4-19(5-13-23)28-29(30(41)36(28)22-10-8-21(33)9-11-22)45-16-24(38)18-2-6-20(32)7-3-18/h2-13,17,27-29,37H,14-16H2,1H3,(H,34,40)(H,35,39)(H,42,43)/t17?,27-,28+,29+/m0/s1. The number of aliphatic hydroxyl groups excluding tert-OH is 1. The van der Waals surface area contributed by atoms with Crippen LogP contribution in [0.3, 0.4) is 0 Å². The van der Waals surface area contributed by atoms with Gasteiger partial charge in [-0.3, -0.25) is 19.2 Å². The van der Waals surface area contributed by atoms with Gasteiger partial charge in [-0.2, -0.15) is 0 Å². The summed E-state index contributed by atoms with van der Waals surface area (Å²) >= 11 is 1.14. The van der Waals surface area contributed by atoms with Crippen LogP contribution in [0, 0.1) is 11.6 Å². The molecule has 3 aromatic carbocycles. The molecule has 0 saturated carbocycles. The second kappa shape index (κ2) is 14.8. The maximum atomic E-state index is 13.6. The first-order valence-corrected chi connectivity index (χ1v) is 14.7. The van der Waals surface area contributed by atoms with Gasteiger partial charge in [-0.25, -0.2) is 13.6 Å². The number of ketones is 1. The van der Waals surface area contributed by atoms with Gasteiger partial charge in [-0.1, -0.05) is 12.1 Å². The lowest BCUT2D eigenvalue weighted by Crippen LogP contribution is -2.57. The second-order valence-corrected chi connectivity index (χ2v) is 11.2. The van der Waals surface area contributed by atoms with E-state index in [0.29, 0.717) is 22.6 Å². The van der Waals surface area contributed by atoms with Crippen LogP contribution in [0.2, 0.25) is 0 Å². The molecule has 1 heterocycles. The molecule has 3 aromatic rings. The zero-order valence-electron chi connectivity index (χ0n) is 23.8. The molecule has 0 aromatic heterocycles. The number of carbonyl (C=O) groups is 5. The number of aliphatic carboxylic acids is 1. The predicted octanol–water partition coefficient (Wildman–Crippen LogP) is 2.48. The van der Waals surface area contributed by atoms with E-state index in [0.717, 1.165) is 11.8 Å². The molecule has 0 bridgehead atoms. The fourth-order valence-corrected chi connectivity index (χ4v) is 5.69. The van der Waals surface area contributed by atoms with Crippen LogP contribution in [0.15, 0.2) is 72.8 Å². The molecular weight excluding hydrogens is 612 g/mol. The molecule has 11 nitrogen and oxygen atoms in total. The van der Waals surface area contributed by atoms with Crippen molar-refractivity contribution in [2.75, 3.05) is 23.8 Å². The van der Waals surface area contributed by atoms with Crippen molar-refractivity contribution >= 4 is 46.9 Å². The number of rotatable bonds is 14. The van der Waals surface area contributed by atoms with Crippen LogP contribution in [-0.2, 0) is 19.2 Å². The Morgan fingerprint density at radius 2 is 1.53 bits per heavy atom. The van der Waals surface area contributed by atoms with Crippen LogP contribution in [0.4, 0.5) is 14.5 Å². The molecule has 4 atom stereocenters. The number of β-lactam (4-membered cyclic amide) rings is 1. The average molecular weight is 642 g/mol. The zero-order chi connectivity index (χ0) is 32.7. The van der Waals surface area contributed by atoms with E-state index in [1.165, 1.54) is 60.4 Å². The van der Waals surface area contributed by atoms with Gasteiger partial charge in [-0.15, -0.1) is 11.8 Å². The number of carboxylic acid groups (broad SMARTS) is 1. The topological polar surface area (TPSA) is 162 Å². The highest BCUT2D eigenvalue weighted by Crippen LogP contribution is 2.45. The van der Waals surface area contributed by atoms with Crippen LogP contribution in [-0.4, -0.2) is 76.0 Å². The van der Waals surface area contributed by atoms with Crippen LogP contribution in [0.1, 0.15) is 28.9 Å². The molecule has 1 aliphatic rings. The minimum Gasteiger partial charge on any atom is -0.484 e. The maximum Gasteiger partial charge on any atom is 0.328 e. The van der Waals surface area contributed by atoms with Gasteiger partial charge >= 0.3 is 5.97 Å². The Kier molecular flexibility index (Phi) is 10.9. The highest BCUT2D eigenvalue weighted by Gasteiger charge is 2.49. The third-order valence-corrected chi connectivity index (χ3v) is 8.06. The Balaban J connectivity index is 1.38. The van der Waals surface area contributed by atoms with Gasteiger partial charge in [0.15, 0.2) is 18.4 Å². The monoisotopic (exact) mass is 641 g/mol. The number of thioether (sulfide) groups is 1. The molecular formula is C31H29F2N3O8S. The normalized spacial score (nSPS) is 17.1. The molecule has 4 rings (SSSR count). The number of carbonyl (C=O) groups excluding carboxylic acids is 4. The van der Waals surface area contributed by atoms with Crippen molar-refractivity contribution in [3.63, 3.8) is 0 Å². The molecule has 0 spiro atoms. The van der Waals surface area contributed by atoms with Gasteiger partial charge in [0.2, 0.25) is 11.8 Å². The molecule has 1 fully saturated rings. The zero-order valence-corrected chi connectivity index (χ0v) is 24.6. The lowest BCUT2D eigenvalue weighted by Gasteiger charge is -2.47. The highest BCUT2D eigenvalue weighted by molar-refractivity contribution is 8.01. The third kappa shape index (κ3) is 8.42. The summed E-state index contributed by atoms with van der Waals surface area (Å²) < 4.78 is 32.3. The largest absolute Gasteiger partial charge is 0.484 e. The highest BCUT2D eigenvalue weighted by atomic mass is 32.2. The van der Waals surface area contributed by atoms with Crippen LogP contribution >= 0.6 is 11.8 Å². The number of Topliss-reactive ketones (excluding diaryl/α,β-unsaturated/α-hetero) is 1. The first kappa shape index (κ1) is 33.1. The van der Waals surface area contributed by atoms with Crippen molar-refractivity contribution in [3.8, 4) is 5.75 Å². The molecule has 236 valence electrons. The number of aliphatic hydroxyl groups is 1. The van der Waals surface area contributed by atoms with Gasteiger partial charge in [0, 0.05) is 11.3 Å². The number of amides is 3. The van der Waals surface area contributed by atoms with Crippen molar-refractivity contribution in [2.24, 2.45) is 0 Å². The van der Waals surface area contributed by atoms with Crippen LogP contribution < -0.4 is 20.3 Å². The van der Waals surface area contributed by atoms with E-state index in [-0.39, 0.29) is 17.4 Å². The van der Waals surface area contributed by atoms with Gasteiger partial charge in [0.25, 0.3) is 5.91 Å². The van der Waals surface area contributed by atoms with Crippen LogP contribution in [0.5, 0.6) is 5.75 Å². The van der Waals surface area contributed by atoms with E-state index in [1.54, 1.807) is 24.3 Å². The van der Waals surface area contributed by atoms with Gasteiger partial charge in [0.05, 0.1) is 24.4 Å². The number of hydrogen-bond acceptors (Lipinski definition) is 8. The number of carboxylic acids is 1. The van der Waals surface area contributed by atoms with Crippen molar-refractivity contribution in [2.45, 2.75) is 30.4 Å². The number of halogens is 2. The molecule has 3 amide bonds. The Hall–Kier alpha value is -4.82. The van der Waals surface area contributed by atoms with Gasteiger partial charge in [-0.05, 0) is 73.2 Å². The Bertz CT molecular complexity index is 1550. The molecule has 0 aliphatic carbocycles. The Morgan fingerprint density at radius 1 is 0.933 bits per heavy atom. The van der Waals surface area contributed by atoms with Gasteiger partial charge < -0.3 is 30.5 Å². The summed E-state index contributed by atoms with van der Waals surface area (Å²) in [7, 11) is 0. The molecule has 1 saturated heterocycles. The Morgan fingerprint density at radius 3 is 2.11 bits per heavy atom. The average Bonchev–Trinajstić information content (AvgIpc) is 3.01. The number of nitrogens with zero attached hydrogens (tertiary/aromatic N) is 1. The van der Waals surface area contributed by atoms with E-state index in [4.69, 9.17) is 9.84 Å². The molecule has 14 heteroatoms. The lowest BCUT2D eigenvalue weighted by atomic mass is 9.92. The summed E-state index contributed by atoms with van der Waals surface area (Å²) in [5.74, 6) is -4.09. The van der Waals surface area contributed by atoms with Crippen molar-refractivity contribution in [3.05, 3.63) is 95.6 Å². The summed E-state index contributed by atoms with van der Waals surface area (Å²) in [5.41, 5.74) is 1.47. The summed E-state index contributed by atoms with van der Waals surface area (Å²) in [6.07, 6.45) is -1.34.